The number of halogens is 2. The molecule has 2 saturated heterocycles. The zero-order chi connectivity index (χ0) is 42.2. The van der Waals surface area contributed by atoms with Crippen molar-refractivity contribution in [2.24, 2.45) is 5.73 Å². The number of hydrogen-bond donors (Lipinski definition) is 2. The van der Waals surface area contributed by atoms with Crippen LogP contribution in [0.4, 0.5) is 21.0 Å². The van der Waals surface area contributed by atoms with Gasteiger partial charge in [-0.2, -0.15) is 0 Å². The van der Waals surface area contributed by atoms with Gasteiger partial charge in [-0.1, -0.05) is 83.9 Å². The summed E-state index contributed by atoms with van der Waals surface area (Å²) in [6.45, 7) is 0.220. The first kappa shape index (κ1) is 42.0. The normalized spacial score (nSPS) is 18.6. The van der Waals surface area contributed by atoms with Crippen LogP contribution in [0.15, 0.2) is 158 Å². The van der Waals surface area contributed by atoms with E-state index in [1.54, 1.807) is 77.7 Å². The summed E-state index contributed by atoms with van der Waals surface area (Å²) in [7, 11) is -3.44. The van der Waals surface area contributed by atoms with Crippen LogP contribution in [0.2, 0.25) is 10.0 Å². The molecule has 0 aliphatic carbocycles. The van der Waals surface area contributed by atoms with Crippen LogP contribution in [0.1, 0.15) is 23.2 Å². The monoisotopic (exact) mass is 866 g/mol. The number of rotatable bonds is 12. The first-order valence-electron chi connectivity index (χ1n) is 18.8. The molecular formula is C45H40Cl2N4O8S. The number of nitrogens with two attached hydrogens (primary N) is 1. The van der Waals surface area contributed by atoms with E-state index in [1.165, 1.54) is 4.90 Å². The predicted octanol–water partition coefficient (Wildman–Crippen LogP) is 9.91. The number of hydrogen-bond acceptors (Lipinski definition) is 9. The smallest absolute Gasteiger partial charge is 0.415 e. The van der Waals surface area contributed by atoms with E-state index in [0.29, 0.717) is 38.7 Å². The fourth-order valence-corrected chi connectivity index (χ4v) is 7.53. The number of benzene rings is 6. The molecule has 12 nitrogen and oxygen atoms in total. The molecule has 60 heavy (non-hydrogen) atoms. The van der Waals surface area contributed by atoms with E-state index >= 15 is 0 Å². The quantitative estimate of drug-likeness (QED) is 0.123. The molecule has 6 aromatic carbocycles. The zero-order valence-electron chi connectivity index (χ0n) is 32.1. The van der Waals surface area contributed by atoms with Crippen LogP contribution in [0.5, 0.6) is 23.0 Å². The average Bonchev–Trinajstić information content (AvgIpc) is 3.78. The Hall–Kier alpha value is -6.09. The maximum absolute atomic E-state index is 12.8. The van der Waals surface area contributed by atoms with E-state index in [2.05, 4.69) is 4.72 Å². The van der Waals surface area contributed by atoms with Crippen LogP contribution < -0.4 is 29.7 Å². The van der Waals surface area contributed by atoms with Crippen molar-refractivity contribution in [3.63, 3.8) is 0 Å². The molecule has 2 heterocycles. The first-order chi connectivity index (χ1) is 29.0. The number of carbonyl (C=O) groups excluding carboxylic acids is 2. The van der Waals surface area contributed by atoms with E-state index in [-0.39, 0.29) is 19.1 Å². The molecule has 8 rings (SSSR count). The summed E-state index contributed by atoms with van der Waals surface area (Å²) < 4.78 is 48.3. The molecule has 2 fully saturated rings. The molecule has 0 radical (unpaired) electrons. The van der Waals surface area contributed by atoms with E-state index in [0.717, 1.165) is 23.1 Å². The average molecular weight is 868 g/mol. The van der Waals surface area contributed by atoms with Crippen LogP contribution in [-0.4, -0.2) is 52.2 Å². The second-order valence-electron chi connectivity index (χ2n) is 13.8. The maximum Gasteiger partial charge on any atom is 0.415 e. The third kappa shape index (κ3) is 10.4. The number of amides is 2. The molecular weight excluding hydrogens is 827 g/mol. The molecule has 2 amide bonds. The van der Waals surface area contributed by atoms with Crippen molar-refractivity contribution >= 4 is 56.8 Å². The molecule has 0 spiro atoms. The molecule has 2 aliphatic rings. The molecule has 0 bridgehead atoms. The number of anilines is 2. The van der Waals surface area contributed by atoms with Crippen LogP contribution in [0.25, 0.3) is 0 Å². The van der Waals surface area contributed by atoms with E-state index in [1.807, 2.05) is 84.9 Å². The van der Waals surface area contributed by atoms with Gasteiger partial charge in [0.1, 0.15) is 47.3 Å². The minimum atomic E-state index is -3.44. The van der Waals surface area contributed by atoms with Crippen molar-refractivity contribution in [1.29, 1.82) is 0 Å². The lowest BCUT2D eigenvalue weighted by Gasteiger charge is -2.25. The summed E-state index contributed by atoms with van der Waals surface area (Å²) in [6.07, 6.45) is -0.982. The maximum atomic E-state index is 12.8. The van der Waals surface area contributed by atoms with Crippen molar-refractivity contribution in [1.82, 2.24) is 4.72 Å². The van der Waals surface area contributed by atoms with Gasteiger partial charge in [-0.3, -0.25) is 9.80 Å². The molecule has 15 heteroatoms. The van der Waals surface area contributed by atoms with Gasteiger partial charge in [0.25, 0.3) is 0 Å². The fourth-order valence-electron chi connectivity index (χ4n) is 6.81. The van der Waals surface area contributed by atoms with E-state index in [9.17, 15) is 18.0 Å². The van der Waals surface area contributed by atoms with Gasteiger partial charge in [0.15, 0.2) is 0 Å². The van der Waals surface area contributed by atoms with E-state index < -0.39 is 40.5 Å². The summed E-state index contributed by atoms with van der Waals surface area (Å²) >= 11 is 11.8. The first-order valence-corrected chi connectivity index (χ1v) is 21.4. The van der Waals surface area contributed by atoms with Gasteiger partial charge >= 0.3 is 12.2 Å². The Labute approximate surface area is 358 Å². The Morgan fingerprint density at radius 1 is 0.567 bits per heavy atom. The highest BCUT2D eigenvalue weighted by Crippen LogP contribution is 2.40. The lowest BCUT2D eigenvalue weighted by molar-refractivity contribution is 0.133. The molecule has 4 atom stereocenters. The third-order valence-electron chi connectivity index (χ3n) is 9.55. The number of ether oxygens (including phenoxy) is 4. The molecule has 308 valence electrons. The predicted molar refractivity (Wildman–Crippen MR) is 232 cm³/mol. The highest BCUT2D eigenvalue weighted by molar-refractivity contribution is 7.88. The van der Waals surface area contributed by atoms with Gasteiger partial charge in [0, 0.05) is 28.0 Å². The summed E-state index contributed by atoms with van der Waals surface area (Å²) in [5.74, 6) is 2.57. The molecule has 0 unspecified atom stereocenters. The molecule has 3 N–H and O–H groups in total. The van der Waals surface area contributed by atoms with Gasteiger partial charge in [-0.25, -0.2) is 22.7 Å². The van der Waals surface area contributed by atoms with E-state index in [4.69, 9.17) is 47.9 Å². The molecule has 2 aliphatic heterocycles. The van der Waals surface area contributed by atoms with Crippen molar-refractivity contribution in [3.8, 4) is 23.0 Å². The Morgan fingerprint density at radius 3 is 1.28 bits per heavy atom. The third-order valence-corrected chi connectivity index (χ3v) is 10.7. The van der Waals surface area contributed by atoms with Crippen molar-refractivity contribution < 1.29 is 37.0 Å². The fraction of sp³-hybridized carbons (Fsp3) is 0.156. The van der Waals surface area contributed by atoms with Crippen molar-refractivity contribution in [2.75, 3.05) is 29.1 Å². The van der Waals surface area contributed by atoms with Gasteiger partial charge in [0.05, 0.1) is 12.8 Å². The zero-order valence-corrected chi connectivity index (χ0v) is 34.5. The van der Waals surface area contributed by atoms with Crippen LogP contribution in [0.3, 0.4) is 0 Å². The van der Waals surface area contributed by atoms with Gasteiger partial charge < -0.3 is 24.7 Å². The molecule has 6 aromatic rings. The standard InChI is InChI=1S/C23H21ClN2O5S.C22H19ClN2O3/c1-32(28,29)25-15-21-22(16-5-3-2-4-6-16)26(23(27)31-21)18-9-13-20(14-10-18)30-19-11-7-17(24)8-12-19;23-16-6-10-18(11-7-16)27-19-12-8-17(9-13-19)25-21(15-4-2-1-3-5-15)20(14-24)28-22(25)26/h2-14,21-22,25H,15H2,1H3;1-13,20-21H,14,24H2/t21-,22-;20-,21-/m00/s1. The van der Waals surface area contributed by atoms with Crippen molar-refractivity contribution in [3.05, 3.63) is 179 Å². The lowest BCUT2D eigenvalue weighted by atomic mass is 10.0. The van der Waals surface area contributed by atoms with Crippen LogP contribution in [0, 0.1) is 0 Å². The van der Waals surface area contributed by atoms with Gasteiger partial charge in [-0.05, 0) is 108 Å². The van der Waals surface area contributed by atoms with Crippen LogP contribution >= 0.6 is 23.2 Å². The van der Waals surface area contributed by atoms with Gasteiger partial charge in [0.2, 0.25) is 10.0 Å². The van der Waals surface area contributed by atoms with Gasteiger partial charge in [-0.15, -0.1) is 0 Å². The summed E-state index contributed by atoms with van der Waals surface area (Å²) in [6, 6.07) is 46.8. The Bertz CT molecular complexity index is 2480. The lowest BCUT2D eigenvalue weighted by Crippen LogP contribution is -2.36. The highest BCUT2D eigenvalue weighted by Gasteiger charge is 2.44. The number of sulfonamides is 1. The minimum Gasteiger partial charge on any atom is -0.457 e. The number of cyclic esters (lactones) is 2. The minimum absolute atomic E-state index is 0.0294. The molecule has 0 aromatic heterocycles. The molecule has 0 saturated carbocycles. The Kier molecular flexibility index (Phi) is 13.2. The summed E-state index contributed by atoms with van der Waals surface area (Å²) in [4.78, 5) is 28.5. The second kappa shape index (κ2) is 18.9. The highest BCUT2D eigenvalue weighted by atomic mass is 35.5. The second-order valence-corrected chi connectivity index (χ2v) is 16.5. The SMILES string of the molecule is CS(=O)(=O)NC[C@@H]1OC(=O)N(c2ccc(Oc3ccc(Cl)cc3)cc2)[C@H]1c1ccccc1.NC[C@@H]1OC(=O)N(c2ccc(Oc3ccc(Cl)cc3)cc2)[C@H]1c1ccccc1. The number of carbonyl (C=O) groups is 2. The Morgan fingerprint density at radius 2 is 0.917 bits per heavy atom. The number of nitrogens with zero attached hydrogens (tertiary/aromatic N) is 2. The Balaban J connectivity index is 0.000000183. The van der Waals surface area contributed by atoms with Crippen molar-refractivity contribution in [2.45, 2.75) is 24.3 Å². The van der Waals surface area contributed by atoms with Crippen LogP contribution in [-0.2, 0) is 19.5 Å². The summed E-state index contributed by atoms with van der Waals surface area (Å²) in [5.41, 5.74) is 8.99. The topological polar surface area (TPSA) is 150 Å². The number of nitrogens with one attached hydrogen (secondary N) is 1. The largest absolute Gasteiger partial charge is 0.457 e. The summed E-state index contributed by atoms with van der Waals surface area (Å²) in [5, 5.41) is 1.27.